The lowest BCUT2D eigenvalue weighted by atomic mass is 10.1. The summed E-state index contributed by atoms with van der Waals surface area (Å²) in [4.78, 5) is 15.3. The van der Waals surface area contributed by atoms with Gasteiger partial charge >= 0.3 is 5.97 Å². The smallest absolute Gasteiger partial charge is 0.337 e. The Bertz CT molecular complexity index is 729. The van der Waals surface area contributed by atoms with Crippen molar-refractivity contribution in [2.45, 2.75) is 19.5 Å². The molecule has 102 valence electrons. The first-order valence-corrected chi connectivity index (χ1v) is 6.52. The number of nitrogens with zero attached hydrogens (tertiary/aromatic N) is 3. The van der Waals surface area contributed by atoms with E-state index in [1.165, 1.54) is 0 Å². The number of hydrogen-bond donors (Lipinski definition) is 1. The van der Waals surface area contributed by atoms with Crippen molar-refractivity contribution in [3.8, 4) is 0 Å². The van der Waals surface area contributed by atoms with E-state index < -0.39 is 5.97 Å². The van der Waals surface area contributed by atoms with Crippen LogP contribution in [0.25, 0.3) is 10.9 Å². The van der Waals surface area contributed by atoms with E-state index >= 15 is 0 Å². The Morgan fingerprint density at radius 2 is 2.10 bits per heavy atom. The molecule has 0 saturated heterocycles. The summed E-state index contributed by atoms with van der Waals surface area (Å²) in [6.07, 6.45) is 8.35. The molecule has 2 aromatic heterocycles. The van der Waals surface area contributed by atoms with Crippen molar-refractivity contribution in [3.63, 3.8) is 0 Å². The third-order valence-corrected chi connectivity index (χ3v) is 3.39. The molecule has 0 aliphatic carbocycles. The highest BCUT2D eigenvalue weighted by Gasteiger charge is 2.11. The van der Waals surface area contributed by atoms with Gasteiger partial charge in [0.15, 0.2) is 0 Å². The summed E-state index contributed by atoms with van der Waals surface area (Å²) in [6.45, 7) is 1.65. The second kappa shape index (κ2) is 5.21. The van der Waals surface area contributed by atoms with Crippen molar-refractivity contribution < 1.29 is 9.90 Å². The molecule has 0 radical (unpaired) electrons. The van der Waals surface area contributed by atoms with Crippen LogP contribution in [0.15, 0.2) is 49.2 Å². The van der Waals surface area contributed by atoms with E-state index in [0.717, 1.165) is 30.4 Å². The van der Waals surface area contributed by atoms with Gasteiger partial charge in [0.1, 0.15) is 0 Å². The Hall–Kier alpha value is -2.56. The molecule has 0 spiro atoms. The monoisotopic (exact) mass is 269 g/mol. The van der Waals surface area contributed by atoms with Crippen molar-refractivity contribution in [3.05, 3.63) is 54.7 Å². The zero-order valence-corrected chi connectivity index (χ0v) is 10.9. The molecule has 3 aromatic rings. The molecule has 20 heavy (non-hydrogen) atoms. The first-order chi connectivity index (χ1) is 9.75. The first kappa shape index (κ1) is 12.5. The van der Waals surface area contributed by atoms with Crippen LogP contribution in [-0.2, 0) is 13.1 Å². The Labute approximate surface area is 116 Å². The van der Waals surface area contributed by atoms with Gasteiger partial charge in [-0.3, -0.25) is 0 Å². The molecule has 1 N–H and O–H groups in total. The highest BCUT2D eigenvalue weighted by atomic mass is 16.4. The van der Waals surface area contributed by atoms with Crippen LogP contribution in [0.2, 0.25) is 0 Å². The zero-order chi connectivity index (χ0) is 13.9. The standard InChI is InChI=1S/C15H15N3O2/c19-15(20)13-4-1-3-12-5-9-18(14(12)13)8-2-7-17-10-6-16-11-17/h1,3-6,9-11H,2,7-8H2,(H,19,20). The van der Waals surface area contributed by atoms with Gasteiger partial charge in [-0.2, -0.15) is 0 Å². The maximum atomic E-state index is 11.3. The van der Waals surface area contributed by atoms with Crippen LogP contribution in [0.3, 0.4) is 0 Å². The van der Waals surface area contributed by atoms with E-state index in [0.29, 0.717) is 5.56 Å². The van der Waals surface area contributed by atoms with E-state index in [1.807, 2.05) is 33.7 Å². The fraction of sp³-hybridized carbons (Fsp3) is 0.200. The summed E-state index contributed by atoms with van der Waals surface area (Å²) in [7, 11) is 0. The molecule has 5 nitrogen and oxygen atoms in total. The summed E-state index contributed by atoms with van der Waals surface area (Å²) in [5, 5.41) is 10.2. The number of rotatable bonds is 5. The number of hydrogen-bond acceptors (Lipinski definition) is 2. The molecule has 2 heterocycles. The molecular formula is C15H15N3O2. The molecule has 0 atom stereocenters. The van der Waals surface area contributed by atoms with Crippen LogP contribution in [0.4, 0.5) is 0 Å². The van der Waals surface area contributed by atoms with Crippen molar-refractivity contribution >= 4 is 16.9 Å². The van der Waals surface area contributed by atoms with Crippen LogP contribution in [0.1, 0.15) is 16.8 Å². The van der Waals surface area contributed by atoms with Gasteiger partial charge in [-0.25, -0.2) is 9.78 Å². The Balaban J connectivity index is 1.82. The minimum Gasteiger partial charge on any atom is -0.478 e. The summed E-state index contributed by atoms with van der Waals surface area (Å²) >= 11 is 0. The number of aryl methyl sites for hydroxylation is 2. The fourth-order valence-corrected chi connectivity index (χ4v) is 2.46. The van der Waals surface area contributed by atoms with Crippen molar-refractivity contribution in [2.75, 3.05) is 0 Å². The highest BCUT2D eigenvalue weighted by molar-refractivity contribution is 6.02. The third kappa shape index (κ3) is 2.30. The number of aromatic carboxylic acids is 1. The number of para-hydroxylation sites is 1. The highest BCUT2D eigenvalue weighted by Crippen LogP contribution is 2.20. The molecule has 1 aromatic carbocycles. The molecule has 3 rings (SSSR count). The number of fused-ring (bicyclic) bond motifs is 1. The number of aromatic nitrogens is 3. The van der Waals surface area contributed by atoms with Gasteiger partial charge < -0.3 is 14.2 Å². The van der Waals surface area contributed by atoms with Gasteiger partial charge in [0, 0.05) is 37.1 Å². The molecule has 0 unspecified atom stereocenters. The second-order valence-corrected chi connectivity index (χ2v) is 4.71. The van der Waals surface area contributed by atoms with E-state index in [9.17, 15) is 9.90 Å². The van der Waals surface area contributed by atoms with Crippen LogP contribution in [0.5, 0.6) is 0 Å². The Kier molecular flexibility index (Phi) is 3.25. The topological polar surface area (TPSA) is 60.0 Å². The number of imidazole rings is 1. The third-order valence-electron chi connectivity index (χ3n) is 3.39. The van der Waals surface area contributed by atoms with Gasteiger partial charge in [-0.05, 0) is 18.6 Å². The van der Waals surface area contributed by atoms with Crippen molar-refractivity contribution in [1.82, 2.24) is 14.1 Å². The lowest BCUT2D eigenvalue weighted by Crippen LogP contribution is -2.05. The molecule has 0 bridgehead atoms. The molecule has 0 aliphatic rings. The van der Waals surface area contributed by atoms with Gasteiger partial charge in [0.2, 0.25) is 0 Å². The molecule has 5 heteroatoms. The summed E-state index contributed by atoms with van der Waals surface area (Å²) in [5.41, 5.74) is 1.15. The minimum absolute atomic E-state index is 0.357. The predicted molar refractivity (Wildman–Crippen MR) is 75.7 cm³/mol. The van der Waals surface area contributed by atoms with E-state index in [2.05, 4.69) is 4.98 Å². The Morgan fingerprint density at radius 1 is 1.20 bits per heavy atom. The summed E-state index contributed by atoms with van der Waals surface area (Å²) in [5.74, 6) is -0.884. The number of carboxylic acid groups (broad SMARTS) is 1. The van der Waals surface area contributed by atoms with Gasteiger partial charge in [0.25, 0.3) is 0 Å². The fourth-order valence-electron chi connectivity index (χ4n) is 2.46. The lowest BCUT2D eigenvalue weighted by molar-refractivity contribution is 0.0698. The van der Waals surface area contributed by atoms with E-state index in [-0.39, 0.29) is 0 Å². The minimum atomic E-state index is -0.884. The molecule has 0 fully saturated rings. The van der Waals surface area contributed by atoms with Crippen LogP contribution >= 0.6 is 0 Å². The van der Waals surface area contributed by atoms with E-state index in [4.69, 9.17) is 0 Å². The normalized spacial score (nSPS) is 11.0. The van der Waals surface area contributed by atoms with Gasteiger partial charge in [-0.15, -0.1) is 0 Å². The van der Waals surface area contributed by atoms with Crippen LogP contribution in [0, 0.1) is 0 Å². The zero-order valence-electron chi connectivity index (χ0n) is 10.9. The van der Waals surface area contributed by atoms with Crippen LogP contribution in [-0.4, -0.2) is 25.2 Å². The maximum absolute atomic E-state index is 11.3. The van der Waals surface area contributed by atoms with Crippen molar-refractivity contribution in [1.29, 1.82) is 0 Å². The van der Waals surface area contributed by atoms with Crippen molar-refractivity contribution in [2.24, 2.45) is 0 Å². The van der Waals surface area contributed by atoms with E-state index in [1.54, 1.807) is 24.7 Å². The summed E-state index contributed by atoms with van der Waals surface area (Å²) < 4.78 is 4.03. The molecule has 0 amide bonds. The first-order valence-electron chi connectivity index (χ1n) is 6.52. The molecule has 0 saturated carbocycles. The average Bonchev–Trinajstić information content (AvgIpc) is 3.08. The number of carboxylic acids is 1. The second-order valence-electron chi connectivity index (χ2n) is 4.71. The predicted octanol–water partition coefficient (Wildman–Crippen LogP) is 2.63. The quantitative estimate of drug-likeness (QED) is 0.774. The SMILES string of the molecule is O=C(O)c1cccc2ccn(CCCn3ccnc3)c12. The molecular weight excluding hydrogens is 254 g/mol. The number of carbonyl (C=O) groups is 1. The van der Waals surface area contributed by atoms with Gasteiger partial charge in [0.05, 0.1) is 17.4 Å². The average molecular weight is 269 g/mol. The Morgan fingerprint density at radius 3 is 2.85 bits per heavy atom. The van der Waals surface area contributed by atoms with Crippen LogP contribution < -0.4 is 0 Å². The lowest BCUT2D eigenvalue weighted by Gasteiger charge is -2.08. The van der Waals surface area contributed by atoms with Gasteiger partial charge in [-0.1, -0.05) is 12.1 Å². The summed E-state index contributed by atoms with van der Waals surface area (Å²) in [6, 6.07) is 7.33. The molecule has 0 aliphatic heterocycles. The number of benzene rings is 1. The maximum Gasteiger partial charge on any atom is 0.337 e. The largest absolute Gasteiger partial charge is 0.478 e.